The Bertz CT molecular complexity index is 1870. The molecule has 1 unspecified atom stereocenters. The number of amides is 3. The number of rotatable bonds is 10. The van der Waals surface area contributed by atoms with Gasteiger partial charge in [0, 0.05) is 26.2 Å². The molecule has 0 bridgehead atoms. The predicted octanol–water partition coefficient (Wildman–Crippen LogP) is 8.04. The SMILES string of the molecule is Cc1nnc(NC(=O)C(Sc2cccc(NC(=O)/C(=C\c3ccc(Cl)cc3Cl)NC(=O)c3ccccc3)c2)c2ccccc2)s1. The number of hydrogen-bond donors (Lipinski definition) is 3. The number of benzene rings is 4. The van der Waals surface area contributed by atoms with Crippen molar-refractivity contribution < 1.29 is 14.4 Å². The van der Waals surface area contributed by atoms with Crippen LogP contribution in [-0.2, 0) is 9.59 Å². The molecule has 45 heavy (non-hydrogen) atoms. The van der Waals surface area contributed by atoms with Gasteiger partial charge in [-0.1, -0.05) is 95.2 Å². The number of anilines is 2. The summed E-state index contributed by atoms with van der Waals surface area (Å²) < 4.78 is 0. The van der Waals surface area contributed by atoms with E-state index in [0.717, 1.165) is 15.5 Å². The summed E-state index contributed by atoms with van der Waals surface area (Å²) in [4.78, 5) is 40.7. The van der Waals surface area contributed by atoms with Gasteiger partial charge in [-0.15, -0.1) is 22.0 Å². The van der Waals surface area contributed by atoms with Crippen LogP contribution in [0.3, 0.4) is 0 Å². The third kappa shape index (κ3) is 8.80. The molecule has 8 nitrogen and oxygen atoms in total. The summed E-state index contributed by atoms with van der Waals surface area (Å²) in [5.41, 5.74) is 2.10. The van der Waals surface area contributed by atoms with Crippen LogP contribution in [0.4, 0.5) is 10.8 Å². The fraction of sp³-hybridized carbons (Fsp3) is 0.0606. The first kappa shape index (κ1) is 31.9. The zero-order chi connectivity index (χ0) is 31.8. The summed E-state index contributed by atoms with van der Waals surface area (Å²) in [6.45, 7) is 1.81. The van der Waals surface area contributed by atoms with Crippen molar-refractivity contribution in [1.29, 1.82) is 0 Å². The van der Waals surface area contributed by atoms with Crippen molar-refractivity contribution in [3.8, 4) is 0 Å². The van der Waals surface area contributed by atoms with Crippen molar-refractivity contribution in [2.45, 2.75) is 17.1 Å². The van der Waals surface area contributed by atoms with Gasteiger partial charge in [-0.2, -0.15) is 0 Å². The van der Waals surface area contributed by atoms with Crippen LogP contribution >= 0.6 is 46.3 Å². The predicted molar refractivity (Wildman–Crippen MR) is 182 cm³/mol. The van der Waals surface area contributed by atoms with Crippen molar-refractivity contribution in [3.63, 3.8) is 0 Å². The topological polar surface area (TPSA) is 113 Å². The van der Waals surface area contributed by atoms with Gasteiger partial charge in [0.2, 0.25) is 11.0 Å². The molecule has 0 fully saturated rings. The lowest BCUT2D eigenvalue weighted by Crippen LogP contribution is -2.30. The number of thioether (sulfide) groups is 1. The van der Waals surface area contributed by atoms with E-state index < -0.39 is 17.1 Å². The van der Waals surface area contributed by atoms with Crippen LogP contribution in [-0.4, -0.2) is 27.9 Å². The highest BCUT2D eigenvalue weighted by molar-refractivity contribution is 8.00. The molecule has 1 atom stereocenters. The molecule has 4 aromatic carbocycles. The van der Waals surface area contributed by atoms with Crippen LogP contribution in [0.5, 0.6) is 0 Å². The van der Waals surface area contributed by atoms with E-state index in [1.165, 1.54) is 29.2 Å². The lowest BCUT2D eigenvalue weighted by molar-refractivity contribution is -0.116. The van der Waals surface area contributed by atoms with E-state index in [4.69, 9.17) is 23.2 Å². The average molecular weight is 675 g/mol. The minimum atomic E-state index is -0.617. The summed E-state index contributed by atoms with van der Waals surface area (Å²) in [5.74, 6) is -1.30. The maximum atomic E-state index is 13.6. The Hall–Kier alpha value is -4.48. The molecule has 5 aromatic rings. The van der Waals surface area contributed by atoms with E-state index in [1.807, 2.05) is 43.3 Å². The second-order valence-electron chi connectivity index (χ2n) is 9.55. The Balaban J connectivity index is 1.39. The quantitative estimate of drug-likeness (QED) is 0.102. The highest BCUT2D eigenvalue weighted by Gasteiger charge is 2.24. The van der Waals surface area contributed by atoms with Crippen molar-refractivity contribution in [2.24, 2.45) is 0 Å². The Morgan fingerprint density at radius 2 is 1.58 bits per heavy atom. The fourth-order valence-corrected chi connectivity index (χ4v) is 6.26. The summed E-state index contributed by atoms with van der Waals surface area (Å²) in [6.07, 6.45) is 1.48. The third-order valence-corrected chi connectivity index (χ3v) is 8.80. The van der Waals surface area contributed by atoms with Gasteiger partial charge in [-0.3, -0.25) is 19.7 Å². The standard InChI is InChI=1S/C33H25Cl2N5O3S2/c1-20-39-40-33(44-20)38-32(43)29(21-9-4-2-5-10-21)45-26-14-8-13-25(19-26)36-31(42)28(17-23-15-16-24(34)18-27(23)35)37-30(41)22-11-6-3-7-12-22/h2-19,29H,1H3,(H,36,42)(H,37,41)(H,38,40,43)/b28-17+. The smallest absolute Gasteiger partial charge is 0.272 e. The Morgan fingerprint density at radius 1 is 0.844 bits per heavy atom. The fourth-order valence-electron chi connectivity index (χ4n) is 4.12. The molecule has 3 N–H and O–H groups in total. The number of carbonyl (C=O) groups excluding carboxylic acids is 3. The number of nitrogens with zero attached hydrogens (tertiary/aromatic N) is 2. The second-order valence-corrected chi connectivity index (χ2v) is 12.8. The molecule has 0 radical (unpaired) electrons. The molecule has 0 aliphatic rings. The van der Waals surface area contributed by atoms with E-state index in [0.29, 0.717) is 32.0 Å². The number of aromatic nitrogens is 2. The maximum Gasteiger partial charge on any atom is 0.272 e. The zero-order valence-corrected chi connectivity index (χ0v) is 26.8. The van der Waals surface area contributed by atoms with Crippen LogP contribution in [0.25, 0.3) is 6.08 Å². The zero-order valence-electron chi connectivity index (χ0n) is 23.7. The highest BCUT2D eigenvalue weighted by Crippen LogP contribution is 2.37. The molecule has 3 amide bonds. The number of hydrogen-bond acceptors (Lipinski definition) is 7. The molecule has 226 valence electrons. The number of aryl methyl sites for hydroxylation is 1. The number of carbonyl (C=O) groups is 3. The van der Waals surface area contributed by atoms with Crippen LogP contribution in [0.2, 0.25) is 10.0 Å². The summed E-state index contributed by atoms with van der Waals surface area (Å²) in [5, 5.41) is 17.7. The lowest BCUT2D eigenvalue weighted by atomic mass is 10.1. The maximum absolute atomic E-state index is 13.6. The van der Waals surface area contributed by atoms with Gasteiger partial charge in [-0.25, -0.2) is 0 Å². The van der Waals surface area contributed by atoms with E-state index in [9.17, 15) is 14.4 Å². The van der Waals surface area contributed by atoms with Gasteiger partial charge in [0.1, 0.15) is 16.0 Å². The van der Waals surface area contributed by atoms with Gasteiger partial charge in [0.05, 0.1) is 0 Å². The Labute approximate surface area is 277 Å². The third-order valence-electron chi connectivity index (χ3n) is 6.23. The summed E-state index contributed by atoms with van der Waals surface area (Å²) in [7, 11) is 0. The van der Waals surface area contributed by atoms with E-state index in [1.54, 1.807) is 66.7 Å². The lowest BCUT2D eigenvalue weighted by Gasteiger charge is -2.17. The normalized spacial score (nSPS) is 11.8. The van der Waals surface area contributed by atoms with Crippen molar-refractivity contribution >= 4 is 80.9 Å². The molecule has 0 saturated carbocycles. The van der Waals surface area contributed by atoms with E-state index >= 15 is 0 Å². The number of nitrogens with one attached hydrogen (secondary N) is 3. The molecular formula is C33H25Cl2N5O3S2. The van der Waals surface area contributed by atoms with Gasteiger partial charge >= 0.3 is 0 Å². The minimum absolute atomic E-state index is 0.0278. The van der Waals surface area contributed by atoms with E-state index in [-0.39, 0.29) is 11.6 Å². The molecule has 5 rings (SSSR count). The minimum Gasteiger partial charge on any atom is -0.321 e. The molecule has 12 heteroatoms. The van der Waals surface area contributed by atoms with Gasteiger partial charge in [0.15, 0.2) is 0 Å². The number of halogens is 2. The van der Waals surface area contributed by atoms with E-state index in [2.05, 4.69) is 26.1 Å². The average Bonchev–Trinajstić information content (AvgIpc) is 3.45. The molecule has 1 aromatic heterocycles. The van der Waals surface area contributed by atoms with Gasteiger partial charge < -0.3 is 10.6 Å². The Kier molecular flexibility index (Phi) is 10.6. The van der Waals surface area contributed by atoms with Gasteiger partial charge in [0.25, 0.3) is 11.8 Å². The van der Waals surface area contributed by atoms with Crippen molar-refractivity contribution in [2.75, 3.05) is 10.6 Å². The summed E-state index contributed by atoms with van der Waals surface area (Å²) >= 11 is 15.0. The van der Waals surface area contributed by atoms with Crippen molar-refractivity contribution in [3.05, 3.63) is 141 Å². The first-order chi connectivity index (χ1) is 21.7. The Morgan fingerprint density at radius 3 is 2.27 bits per heavy atom. The second kappa shape index (κ2) is 15.0. The van der Waals surface area contributed by atoms with Crippen LogP contribution < -0.4 is 16.0 Å². The van der Waals surface area contributed by atoms with Crippen molar-refractivity contribution in [1.82, 2.24) is 15.5 Å². The molecule has 0 aliphatic heterocycles. The first-order valence-electron chi connectivity index (χ1n) is 13.5. The molecule has 0 aliphatic carbocycles. The monoisotopic (exact) mass is 673 g/mol. The molecule has 0 saturated heterocycles. The molecule has 1 heterocycles. The van der Waals surface area contributed by atoms with Crippen LogP contribution in [0.1, 0.15) is 31.7 Å². The largest absolute Gasteiger partial charge is 0.321 e. The van der Waals surface area contributed by atoms with Gasteiger partial charge in [-0.05, 0) is 66.6 Å². The summed E-state index contributed by atoms with van der Waals surface area (Å²) in [6, 6.07) is 29.9. The molecular weight excluding hydrogens is 649 g/mol. The molecule has 0 spiro atoms. The first-order valence-corrected chi connectivity index (χ1v) is 16.0. The van der Waals surface area contributed by atoms with Crippen LogP contribution in [0.15, 0.2) is 114 Å². The highest BCUT2D eigenvalue weighted by atomic mass is 35.5. The van der Waals surface area contributed by atoms with Crippen LogP contribution in [0, 0.1) is 6.92 Å².